The van der Waals surface area contributed by atoms with Gasteiger partial charge in [0.1, 0.15) is 0 Å². The molecule has 1 aromatic rings. The van der Waals surface area contributed by atoms with Crippen molar-refractivity contribution in [2.45, 2.75) is 32.2 Å². The maximum atomic E-state index is 12.5. The molecule has 0 aliphatic heterocycles. The number of halogens is 2. The molecule has 1 unspecified atom stereocenters. The fourth-order valence-electron chi connectivity index (χ4n) is 2.30. The number of hydrogen-bond acceptors (Lipinski definition) is 1. The number of alkyl halides is 2. The molecule has 0 fully saturated rings. The minimum Gasteiger partial charge on any atom is -0.312 e. The first-order valence-electron chi connectivity index (χ1n) is 6.48. The molecular weight excluding hydrogens is 232 g/mol. The summed E-state index contributed by atoms with van der Waals surface area (Å²) in [5.74, 6) is 0.688. The Kier molecular flexibility index (Phi) is 4.88. The lowest BCUT2D eigenvalue weighted by molar-refractivity contribution is 0.151. The van der Waals surface area contributed by atoms with E-state index in [0.29, 0.717) is 12.5 Å². The van der Waals surface area contributed by atoms with E-state index in [1.807, 2.05) is 6.07 Å². The van der Waals surface area contributed by atoms with Crippen molar-refractivity contribution >= 4 is 0 Å². The van der Waals surface area contributed by atoms with E-state index in [2.05, 4.69) is 17.5 Å². The van der Waals surface area contributed by atoms with Crippen LogP contribution in [0, 0.1) is 5.92 Å². The van der Waals surface area contributed by atoms with Crippen molar-refractivity contribution in [2.24, 2.45) is 5.92 Å². The van der Waals surface area contributed by atoms with E-state index >= 15 is 0 Å². The molecule has 0 aromatic heterocycles. The zero-order valence-corrected chi connectivity index (χ0v) is 10.4. The third kappa shape index (κ3) is 3.91. The van der Waals surface area contributed by atoms with Crippen LogP contribution in [0.15, 0.2) is 36.4 Å². The van der Waals surface area contributed by atoms with Gasteiger partial charge >= 0.3 is 0 Å². The Labute approximate surface area is 107 Å². The van der Waals surface area contributed by atoms with Gasteiger partial charge in [-0.3, -0.25) is 0 Å². The van der Waals surface area contributed by atoms with Crippen molar-refractivity contribution in [2.75, 3.05) is 6.54 Å². The highest BCUT2D eigenvalue weighted by atomic mass is 19.3. The first kappa shape index (κ1) is 13.2. The van der Waals surface area contributed by atoms with E-state index in [4.69, 9.17) is 0 Å². The van der Waals surface area contributed by atoms with Gasteiger partial charge in [-0.1, -0.05) is 30.4 Å². The Balaban J connectivity index is 1.79. The molecule has 0 saturated carbocycles. The van der Waals surface area contributed by atoms with Gasteiger partial charge in [-0.25, -0.2) is 8.78 Å². The van der Waals surface area contributed by atoms with Gasteiger partial charge in [0.05, 0.1) is 0 Å². The van der Waals surface area contributed by atoms with Crippen LogP contribution >= 0.6 is 0 Å². The van der Waals surface area contributed by atoms with Gasteiger partial charge < -0.3 is 5.32 Å². The van der Waals surface area contributed by atoms with Crippen molar-refractivity contribution in [3.05, 3.63) is 47.5 Å². The topological polar surface area (TPSA) is 12.0 Å². The third-order valence-corrected chi connectivity index (χ3v) is 3.34. The predicted octanol–water partition coefficient (Wildman–Crippen LogP) is 4.07. The van der Waals surface area contributed by atoms with E-state index in [1.54, 1.807) is 12.1 Å². The van der Waals surface area contributed by atoms with Gasteiger partial charge in [0.25, 0.3) is 6.43 Å². The highest BCUT2D eigenvalue weighted by Gasteiger charge is 2.10. The molecule has 0 saturated heterocycles. The fraction of sp³-hybridized carbons (Fsp3) is 0.467. The molecule has 0 amide bonds. The summed E-state index contributed by atoms with van der Waals surface area (Å²) in [4.78, 5) is 0. The van der Waals surface area contributed by atoms with Gasteiger partial charge in [0.2, 0.25) is 0 Å². The first-order chi connectivity index (χ1) is 8.75. The van der Waals surface area contributed by atoms with Crippen molar-refractivity contribution in [1.29, 1.82) is 0 Å². The minimum atomic E-state index is -2.38. The largest absolute Gasteiger partial charge is 0.312 e. The summed E-state index contributed by atoms with van der Waals surface area (Å²) < 4.78 is 25.1. The highest BCUT2D eigenvalue weighted by molar-refractivity contribution is 5.24. The normalized spacial score (nSPS) is 19.4. The fourth-order valence-corrected chi connectivity index (χ4v) is 2.30. The molecule has 2 rings (SSSR count). The molecule has 0 spiro atoms. The Morgan fingerprint density at radius 3 is 2.89 bits per heavy atom. The Morgan fingerprint density at radius 2 is 2.17 bits per heavy atom. The Hall–Kier alpha value is -1.22. The summed E-state index contributed by atoms with van der Waals surface area (Å²) >= 11 is 0. The second-order valence-corrected chi connectivity index (χ2v) is 4.83. The smallest absolute Gasteiger partial charge is 0.263 e. The quantitative estimate of drug-likeness (QED) is 0.778. The molecule has 1 aliphatic carbocycles. The molecule has 1 nitrogen and oxygen atoms in total. The molecule has 0 bridgehead atoms. The molecule has 18 heavy (non-hydrogen) atoms. The maximum Gasteiger partial charge on any atom is 0.263 e. The van der Waals surface area contributed by atoms with Crippen molar-refractivity contribution in [1.82, 2.24) is 5.32 Å². The monoisotopic (exact) mass is 251 g/mol. The van der Waals surface area contributed by atoms with Crippen LogP contribution in [0.2, 0.25) is 0 Å². The Bertz CT molecular complexity index is 401. The SMILES string of the molecule is FC(F)c1cccc(CNCC2CC=CCC2)c1. The van der Waals surface area contributed by atoms with Crippen LogP contribution in [0.25, 0.3) is 0 Å². The van der Waals surface area contributed by atoms with Crippen LogP contribution in [-0.4, -0.2) is 6.54 Å². The molecule has 1 atom stereocenters. The second kappa shape index (κ2) is 6.64. The summed E-state index contributed by atoms with van der Waals surface area (Å²) in [6.45, 7) is 1.63. The lowest BCUT2D eigenvalue weighted by Crippen LogP contribution is -2.23. The van der Waals surface area contributed by atoms with Crippen LogP contribution in [-0.2, 0) is 6.54 Å². The summed E-state index contributed by atoms with van der Waals surface area (Å²) in [6.07, 6.45) is 5.58. The van der Waals surface area contributed by atoms with Gasteiger partial charge in [-0.2, -0.15) is 0 Å². The lowest BCUT2D eigenvalue weighted by Gasteiger charge is -2.18. The second-order valence-electron chi connectivity index (χ2n) is 4.83. The zero-order chi connectivity index (χ0) is 12.8. The first-order valence-corrected chi connectivity index (χ1v) is 6.48. The zero-order valence-electron chi connectivity index (χ0n) is 10.4. The molecule has 1 aromatic carbocycles. The lowest BCUT2D eigenvalue weighted by atomic mass is 9.94. The molecule has 1 aliphatic rings. The van der Waals surface area contributed by atoms with E-state index in [0.717, 1.165) is 24.9 Å². The van der Waals surface area contributed by atoms with Gasteiger partial charge in [-0.15, -0.1) is 0 Å². The molecule has 1 N–H and O–H groups in total. The van der Waals surface area contributed by atoms with E-state index in [9.17, 15) is 8.78 Å². The summed E-state index contributed by atoms with van der Waals surface area (Å²) in [7, 11) is 0. The maximum absolute atomic E-state index is 12.5. The van der Waals surface area contributed by atoms with Crippen molar-refractivity contribution in [3.8, 4) is 0 Å². The summed E-state index contributed by atoms with van der Waals surface area (Å²) in [5.41, 5.74) is 1.04. The van der Waals surface area contributed by atoms with E-state index < -0.39 is 6.43 Å². The number of benzene rings is 1. The average molecular weight is 251 g/mol. The van der Waals surface area contributed by atoms with Crippen LogP contribution in [0.3, 0.4) is 0 Å². The van der Waals surface area contributed by atoms with Crippen LogP contribution in [0.4, 0.5) is 8.78 Å². The van der Waals surface area contributed by atoms with Gasteiger partial charge in [-0.05, 0) is 43.4 Å². The highest BCUT2D eigenvalue weighted by Crippen LogP contribution is 2.20. The standard InChI is InChI=1S/C15H19F2N/c16-15(17)14-8-4-7-13(9-14)11-18-10-12-5-2-1-3-6-12/h1-2,4,7-9,12,15,18H,3,5-6,10-11H2. The van der Waals surface area contributed by atoms with Gasteiger partial charge in [0.15, 0.2) is 0 Å². The minimum absolute atomic E-state index is 0.106. The number of allylic oxidation sites excluding steroid dienone is 2. The van der Waals surface area contributed by atoms with E-state index in [1.165, 1.54) is 12.5 Å². The molecule has 0 heterocycles. The van der Waals surface area contributed by atoms with Gasteiger partial charge in [0, 0.05) is 12.1 Å². The molecular formula is C15H19F2N. The summed E-state index contributed by atoms with van der Waals surface area (Å²) in [6, 6.07) is 6.64. The number of nitrogens with one attached hydrogen (secondary N) is 1. The summed E-state index contributed by atoms with van der Waals surface area (Å²) in [5, 5.41) is 3.36. The van der Waals surface area contributed by atoms with Crippen LogP contribution in [0.5, 0.6) is 0 Å². The average Bonchev–Trinajstić information content (AvgIpc) is 2.40. The van der Waals surface area contributed by atoms with Crippen LogP contribution in [0.1, 0.15) is 36.8 Å². The van der Waals surface area contributed by atoms with Crippen LogP contribution < -0.4 is 5.32 Å². The Morgan fingerprint density at radius 1 is 1.28 bits per heavy atom. The van der Waals surface area contributed by atoms with Crippen molar-refractivity contribution in [3.63, 3.8) is 0 Å². The molecule has 98 valence electrons. The molecule has 3 heteroatoms. The number of hydrogen-bond donors (Lipinski definition) is 1. The van der Waals surface area contributed by atoms with Crippen molar-refractivity contribution < 1.29 is 8.78 Å². The third-order valence-electron chi connectivity index (χ3n) is 3.34. The van der Waals surface area contributed by atoms with E-state index in [-0.39, 0.29) is 5.56 Å². The number of rotatable bonds is 5. The molecule has 0 radical (unpaired) electrons. The predicted molar refractivity (Wildman–Crippen MR) is 69.6 cm³/mol.